The Kier molecular flexibility index (Phi) is 5.17. The molecule has 0 amide bonds. The van der Waals surface area contributed by atoms with Gasteiger partial charge in [0.1, 0.15) is 0 Å². The summed E-state index contributed by atoms with van der Waals surface area (Å²) < 4.78 is 0. The molecule has 0 unspecified atom stereocenters. The predicted molar refractivity (Wildman–Crippen MR) is 72.5 cm³/mol. The molecule has 0 heterocycles. The lowest BCUT2D eigenvalue weighted by molar-refractivity contribution is 0.665. The van der Waals surface area contributed by atoms with E-state index in [0.717, 1.165) is 24.2 Å². The number of benzene rings is 1. The van der Waals surface area contributed by atoms with E-state index in [2.05, 4.69) is 13.8 Å². The molecule has 2 nitrogen and oxygen atoms in total. The van der Waals surface area contributed by atoms with Crippen molar-refractivity contribution in [3.63, 3.8) is 0 Å². The van der Waals surface area contributed by atoms with Crippen LogP contribution >= 0.6 is 0 Å². The van der Waals surface area contributed by atoms with E-state index in [-0.39, 0.29) is 0 Å². The predicted octanol–water partition coefficient (Wildman–Crippen LogP) is 3.54. The molecule has 0 radical (unpaired) electrons. The molecule has 0 atom stereocenters. The summed E-state index contributed by atoms with van der Waals surface area (Å²) in [6.07, 6.45) is 7.12. The van der Waals surface area contributed by atoms with E-state index in [9.17, 15) is 0 Å². The highest BCUT2D eigenvalue weighted by Gasteiger charge is 2.08. The largest absolute Gasteiger partial charge is 0.398 e. The van der Waals surface area contributed by atoms with E-state index < -0.39 is 0 Å². The van der Waals surface area contributed by atoms with Gasteiger partial charge in [0, 0.05) is 11.4 Å². The SMILES string of the molecule is CCCCCCc1c(N)ccc(N)c1CC. The molecule has 2 heteroatoms. The van der Waals surface area contributed by atoms with Crippen molar-refractivity contribution in [2.24, 2.45) is 0 Å². The monoisotopic (exact) mass is 220 g/mol. The quantitative estimate of drug-likeness (QED) is 0.569. The minimum Gasteiger partial charge on any atom is -0.398 e. The van der Waals surface area contributed by atoms with Crippen LogP contribution in [0.3, 0.4) is 0 Å². The number of nitrogen functional groups attached to an aromatic ring is 2. The van der Waals surface area contributed by atoms with Gasteiger partial charge in [0.2, 0.25) is 0 Å². The molecule has 16 heavy (non-hydrogen) atoms. The zero-order valence-corrected chi connectivity index (χ0v) is 10.6. The third-order valence-electron chi connectivity index (χ3n) is 3.14. The maximum atomic E-state index is 6.03. The summed E-state index contributed by atoms with van der Waals surface area (Å²) >= 11 is 0. The molecule has 0 bridgehead atoms. The fourth-order valence-electron chi connectivity index (χ4n) is 2.17. The second-order valence-electron chi connectivity index (χ2n) is 4.37. The second kappa shape index (κ2) is 6.41. The van der Waals surface area contributed by atoms with Crippen molar-refractivity contribution in [1.29, 1.82) is 0 Å². The van der Waals surface area contributed by atoms with Crippen LogP contribution in [0.5, 0.6) is 0 Å². The fourth-order valence-corrected chi connectivity index (χ4v) is 2.17. The summed E-state index contributed by atoms with van der Waals surface area (Å²) in [4.78, 5) is 0. The highest BCUT2D eigenvalue weighted by atomic mass is 14.6. The molecule has 0 aliphatic carbocycles. The van der Waals surface area contributed by atoms with Crippen molar-refractivity contribution in [2.75, 3.05) is 11.5 Å². The summed E-state index contributed by atoms with van der Waals surface area (Å²) in [6, 6.07) is 3.85. The van der Waals surface area contributed by atoms with Gasteiger partial charge in [-0.05, 0) is 42.5 Å². The van der Waals surface area contributed by atoms with Crippen molar-refractivity contribution in [3.8, 4) is 0 Å². The van der Waals surface area contributed by atoms with E-state index in [1.54, 1.807) is 0 Å². The Bertz CT molecular complexity index is 332. The minimum atomic E-state index is 0.891. The molecule has 0 spiro atoms. The molecule has 0 saturated carbocycles. The smallest absolute Gasteiger partial charge is 0.0350 e. The van der Waals surface area contributed by atoms with Gasteiger partial charge in [0.05, 0.1) is 0 Å². The molecule has 0 aliphatic heterocycles. The van der Waals surface area contributed by atoms with Crippen LogP contribution in [-0.4, -0.2) is 0 Å². The van der Waals surface area contributed by atoms with Crippen LogP contribution in [0, 0.1) is 0 Å². The third kappa shape index (κ3) is 3.16. The van der Waals surface area contributed by atoms with E-state index in [4.69, 9.17) is 11.5 Å². The van der Waals surface area contributed by atoms with E-state index in [1.807, 2.05) is 12.1 Å². The molecule has 1 aromatic rings. The highest BCUT2D eigenvalue weighted by Crippen LogP contribution is 2.25. The first-order valence-corrected chi connectivity index (χ1v) is 6.36. The first-order chi connectivity index (χ1) is 7.70. The number of hydrogen-bond acceptors (Lipinski definition) is 2. The van der Waals surface area contributed by atoms with Crippen molar-refractivity contribution >= 4 is 11.4 Å². The van der Waals surface area contributed by atoms with Crippen LogP contribution in [0.2, 0.25) is 0 Å². The molecule has 0 saturated heterocycles. The summed E-state index contributed by atoms with van der Waals surface area (Å²) in [5, 5.41) is 0. The molecule has 1 rings (SSSR count). The van der Waals surface area contributed by atoms with Gasteiger partial charge in [0.25, 0.3) is 0 Å². The maximum absolute atomic E-state index is 6.03. The Labute approximate surface area is 99.0 Å². The Morgan fingerprint density at radius 3 is 2.06 bits per heavy atom. The van der Waals surface area contributed by atoms with Gasteiger partial charge in [-0.25, -0.2) is 0 Å². The summed E-state index contributed by atoms with van der Waals surface area (Å²) in [7, 11) is 0. The summed E-state index contributed by atoms with van der Waals surface area (Å²) in [5.74, 6) is 0. The van der Waals surface area contributed by atoms with Crippen LogP contribution in [0.25, 0.3) is 0 Å². The van der Waals surface area contributed by atoms with Gasteiger partial charge in [0.15, 0.2) is 0 Å². The van der Waals surface area contributed by atoms with Crippen LogP contribution in [0.1, 0.15) is 50.7 Å². The molecular weight excluding hydrogens is 196 g/mol. The Morgan fingerprint density at radius 1 is 0.875 bits per heavy atom. The second-order valence-corrected chi connectivity index (χ2v) is 4.37. The molecule has 0 aromatic heterocycles. The zero-order valence-electron chi connectivity index (χ0n) is 10.6. The van der Waals surface area contributed by atoms with Gasteiger partial charge in [-0.15, -0.1) is 0 Å². The Morgan fingerprint density at radius 2 is 1.50 bits per heavy atom. The number of anilines is 2. The first kappa shape index (κ1) is 12.9. The molecule has 90 valence electrons. The van der Waals surface area contributed by atoms with E-state index >= 15 is 0 Å². The van der Waals surface area contributed by atoms with Gasteiger partial charge in [-0.3, -0.25) is 0 Å². The minimum absolute atomic E-state index is 0.891. The van der Waals surface area contributed by atoms with Crippen molar-refractivity contribution in [2.45, 2.75) is 52.4 Å². The van der Waals surface area contributed by atoms with Crippen molar-refractivity contribution in [3.05, 3.63) is 23.3 Å². The van der Waals surface area contributed by atoms with Gasteiger partial charge >= 0.3 is 0 Å². The standard InChI is InChI=1S/C14H24N2/c1-3-5-6-7-8-12-11(4-2)13(15)9-10-14(12)16/h9-10H,3-8,15-16H2,1-2H3. The third-order valence-corrected chi connectivity index (χ3v) is 3.14. The molecule has 0 fully saturated rings. The van der Waals surface area contributed by atoms with E-state index in [0.29, 0.717) is 0 Å². The van der Waals surface area contributed by atoms with Crippen LogP contribution in [-0.2, 0) is 12.8 Å². The van der Waals surface area contributed by atoms with Crippen LogP contribution < -0.4 is 11.5 Å². The van der Waals surface area contributed by atoms with Crippen LogP contribution in [0.4, 0.5) is 11.4 Å². The van der Waals surface area contributed by atoms with Gasteiger partial charge in [-0.1, -0.05) is 33.1 Å². The van der Waals surface area contributed by atoms with Crippen LogP contribution in [0.15, 0.2) is 12.1 Å². The normalized spacial score (nSPS) is 10.6. The number of unbranched alkanes of at least 4 members (excludes halogenated alkanes) is 3. The first-order valence-electron chi connectivity index (χ1n) is 6.36. The average Bonchev–Trinajstić information content (AvgIpc) is 2.29. The van der Waals surface area contributed by atoms with Crippen molar-refractivity contribution in [1.82, 2.24) is 0 Å². The number of nitrogens with two attached hydrogens (primary N) is 2. The lowest BCUT2D eigenvalue weighted by Crippen LogP contribution is -2.03. The summed E-state index contributed by atoms with van der Waals surface area (Å²) in [5.41, 5.74) is 16.3. The molecular formula is C14H24N2. The van der Waals surface area contributed by atoms with Gasteiger partial charge in [-0.2, -0.15) is 0 Å². The summed E-state index contributed by atoms with van der Waals surface area (Å²) in [6.45, 7) is 4.37. The molecule has 0 aliphatic rings. The highest BCUT2D eigenvalue weighted by molar-refractivity contribution is 5.62. The lowest BCUT2D eigenvalue weighted by atomic mass is 9.96. The average molecular weight is 220 g/mol. The number of hydrogen-bond donors (Lipinski definition) is 2. The number of rotatable bonds is 6. The van der Waals surface area contributed by atoms with Gasteiger partial charge < -0.3 is 11.5 Å². The lowest BCUT2D eigenvalue weighted by Gasteiger charge is -2.13. The zero-order chi connectivity index (χ0) is 12.0. The topological polar surface area (TPSA) is 52.0 Å². The Hall–Kier alpha value is -1.18. The fraction of sp³-hybridized carbons (Fsp3) is 0.571. The maximum Gasteiger partial charge on any atom is 0.0350 e. The molecule has 4 N–H and O–H groups in total. The van der Waals surface area contributed by atoms with Crippen molar-refractivity contribution < 1.29 is 0 Å². The van der Waals surface area contributed by atoms with E-state index in [1.165, 1.54) is 36.8 Å². The Balaban J connectivity index is 2.73. The molecule has 1 aromatic carbocycles.